The average molecular weight is 240 g/mol. The van der Waals surface area contributed by atoms with E-state index in [1.54, 1.807) is 25.9 Å². The van der Waals surface area contributed by atoms with Crippen molar-refractivity contribution in [2.45, 2.75) is 6.92 Å². The van der Waals surface area contributed by atoms with Crippen molar-refractivity contribution in [3.63, 3.8) is 0 Å². The van der Waals surface area contributed by atoms with E-state index in [2.05, 4.69) is 20.3 Å². The molecule has 8 nitrogen and oxygen atoms in total. The molecule has 1 heterocycles. The summed E-state index contributed by atoms with van der Waals surface area (Å²) in [6, 6.07) is 0. The third kappa shape index (κ3) is 4.09. The Hall–Kier alpha value is -2.12. The Balaban J connectivity index is 2.68. The highest BCUT2D eigenvalue weighted by Crippen LogP contribution is 2.08. The molecule has 0 amide bonds. The average Bonchev–Trinajstić information content (AvgIpc) is 2.26. The van der Waals surface area contributed by atoms with Gasteiger partial charge in [-0.25, -0.2) is 0 Å². The number of rotatable bonds is 5. The van der Waals surface area contributed by atoms with Crippen LogP contribution in [0.4, 0.5) is 17.8 Å². The van der Waals surface area contributed by atoms with Gasteiger partial charge >= 0.3 is 5.97 Å². The fourth-order valence-corrected chi connectivity index (χ4v) is 1.02. The van der Waals surface area contributed by atoms with Crippen LogP contribution in [0.3, 0.4) is 0 Å². The lowest BCUT2D eigenvalue weighted by Gasteiger charge is -2.11. The summed E-state index contributed by atoms with van der Waals surface area (Å²) in [5.41, 5.74) is 5.52. The Morgan fingerprint density at radius 1 is 1.41 bits per heavy atom. The van der Waals surface area contributed by atoms with Gasteiger partial charge in [0.15, 0.2) is 0 Å². The highest BCUT2D eigenvalue weighted by Gasteiger charge is 2.07. The summed E-state index contributed by atoms with van der Waals surface area (Å²) >= 11 is 0. The van der Waals surface area contributed by atoms with Crippen molar-refractivity contribution in [1.82, 2.24) is 15.0 Å². The van der Waals surface area contributed by atoms with Crippen molar-refractivity contribution in [3.8, 4) is 0 Å². The van der Waals surface area contributed by atoms with E-state index in [1.165, 1.54) is 0 Å². The van der Waals surface area contributed by atoms with Gasteiger partial charge in [-0.2, -0.15) is 15.0 Å². The summed E-state index contributed by atoms with van der Waals surface area (Å²) in [6.07, 6.45) is 0. The topological polar surface area (TPSA) is 106 Å². The van der Waals surface area contributed by atoms with Crippen molar-refractivity contribution < 1.29 is 9.53 Å². The molecule has 0 unspecified atom stereocenters. The second-order valence-corrected chi connectivity index (χ2v) is 3.37. The molecule has 0 bridgehead atoms. The van der Waals surface area contributed by atoms with Gasteiger partial charge in [-0.05, 0) is 6.92 Å². The Bertz CT molecular complexity index is 395. The second-order valence-electron chi connectivity index (χ2n) is 3.37. The first kappa shape index (κ1) is 12.9. The van der Waals surface area contributed by atoms with Crippen molar-refractivity contribution in [2.24, 2.45) is 0 Å². The van der Waals surface area contributed by atoms with Crippen LogP contribution in [0.2, 0.25) is 0 Å². The van der Waals surface area contributed by atoms with Gasteiger partial charge in [0.2, 0.25) is 17.8 Å². The van der Waals surface area contributed by atoms with Crippen molar-refractivity contribution >= 4 is 23.8 Å². The van der Waals surface area contributed by atoms with E-state index in [-0.39, 0.29) is 24.4 Å². The number of esters is 1. The third-order valence-electron chi connectivity index (χ3n) is 1.74. The molecule has 1 rings (SSSR count). The first-order chi connectivity index (χ1) is 8.02. The van der Waals surface area contributed by atoms with E-state index in [0.717, 1.165) is 0 Å². The van der Waals surface area contributed by atoms with Gasteiger partial charge in [0.1, 0.15) is 6.54 Å². The molecule has 0 aromatic carbocycles. The third-order valence-corrected chi connectivity index (χ3v) is 1.74. The van der Waals surface area contributed by atoms with E-state index in [0.29, 0.717) is 12.6 Å². The second kappa shape index (κ2) is 5.83. The van der Waals surface area contributed by atoms with Gasteiger partial charge < -0.3 is 20.7 Å². The number of carbonyl (C=O) groups excluding carboxylic acids is 1. The Labute approximate surface area is 99.2 Å². The van der Waals surface area contributed by atoms with Gasteiger partial charge in [0.05, 0.1) is 6.61 Å². The smallest absolute Gasteiger partial charge is 0.325 e. The van der Waals surface area contributed by atoms with Gasteiger partial charge in [-0.3, -0.25) is 4.79 Å². The zero-order valence-electron chi connectivity index (χ0n) is 10.1. The highest BCUT2D eigenvalue weighted by atomic mass is 16.5. The molecular formula is C9H16N6O2. The maximum atomic E-state index is 11.1. The number of ether oxygens (including phenoxy) is 1. The van der Waals surface area contributed by atoms with E-state index in [1.807, 2.05) is 0 Å². The fourth-order valence-electron chi connectivity index (χ4n) is 1.02. The number of hydrogen-bond acceptors (Lipinski definition) is 8. The molecule has 0 saturated carbocycles. The molecule has 1 aromatic rings. The predicted molar refractivity (Wildman–Crippen MR) is 63.7 cm³/mol. The number of nitrogen functional groups attached to an aromatic ring is 1. The fraction of sp³-hybridized carbons (Fsp3) is 0.556. The normalized spacial score (nSPS) is 9.82. The molecule has 0 fully saturated rings. The SMILES string of the molecule is CCOC(=O)CNc1nc(N)nc(N(C)C)n1. The lowest BCUT2D eigenvalue weighted by Crippen LogP contribution is -2.20. The molecule has 94 valence electrons. The lowest BCUT2D eigenvalue weighted by molar-refractivity contribution is -0.140. The molecule has 17 heavy (non-hydrogen) atoms. The van der Waals surface area contributed by atoms with E-state index >= 15 is 0 Å². The number of nitrogens with one attached hydrogen (secondary N) is 1. The summed E-state index contributed by atoms with van der Waals surface area (Å²) in [4.78, 5) is 24.7. The first-order valence-electron chi connectivity index (χ1n) is 5.11. The number of carbonyl (C=O) groups is 1. The summed E-state index contributed by atoms with van der Waals surface area (Å²) in [7, 11) is 3.56. The number of nitrogens with zero attached hydrogens (tertiary/aromatic N) is 4. The Kier molecular flexibility index (Phi) is 4.44. The molecular weight excluding hydrogens is 224 g/mol. The molecule has 3 N–H and O–H groups in total. The summed E-state index contributed by atoms with van der Waals surface area (Å²) in [5.74, 6) is 0.381. The molecule has 8 heteroatoms. The quantitative estimate of drug-likeness (QED) is 0.663. The standard InChI is InChI=1S/C9H16N6O2/c1-4-17-6(16)5-11-8-12-7(10)13-9(14-8)15(2)3/h4-5H2,1-3H3,(H3,10,11,12,13,14). The van der Waals surface area contributed by atoms with Crippen LogP contribution >= 0.6 is 0 Å². The predicted octanol–water partition coefficient (Wildman–Crippen LogP) is -0.505. The van der Waals surface area contributed by atoms with Crippen molar-refractivity contribution in [2.75, 3.05) is 43.2 Å². The minimum absolute atomic E-state index is 0.00976. The summed E-state index contributed by atoms with van der Waals surface area (Å²) in [5, 5.41) is 2.72. The number of hydrogen-bond donors (Lipinski definition) is 2. The van der Waals surface area contributed by atoms with Crippen molar-refractivity contribution in [1.29, 1.82) is 0 Å². The molecule has 0 aliphatic carbocycles. The zero-order chi connectivity index (χ0) is 12.8. The minimum Gasteiger partial charge on any atom is -0.465 e. The largest absolute Gasteiger partial charge is 0.465 e. The molecule has 0 radical (unpaired) electrons. The Morgan fingerprint density at radius 3 is 2.71 bits per heavy atom. The van der Waals surface area contributed by atoms with Crippen LogP contribution in [0.5, 0.6) is 0 Å². The van der Waals surface area contributed by atoms with Crippen LogP contribution in [-0.4, -0.2) is 48.2 Å². The minimum atomic E-state index is -0.377. The van der Waals surface area contributed by atoms with E-state index in [9.17, 15) is 4.79 Å². The van der Waals surface area contributed by atoms with Crippen LogP contribution in [-0.2, 0) is 9.53 Å². The molecule has 0 aliphatic heterocycles. The maximum Gasteiger partial charge on any atom is 0.325 e. The maximum absolute atomic E-state index is 11.1. The van der Waals surface area contributed by atoms with Crippen LogP contribution in [0, 0.1) is 0 Å². The van der Waals surface area contributed by atoms with Crippen LogP contribution in [0.25, 0.3) is 0 Å². The number of anilines is 3. The molecule has 0 spiro atoms. The number of aromatic nitrogens is 3. The molecule has 1 aromatic heterocycles. The van der Waals surface area contributed by atoms with Gasteiger partial charge in [0.25, 0.3) is 0 Å². The van der Waals surface area contributed by atoms with Gasteiger partial charge in [-0.15, -0.1) is 0 Å². The van der Waals surface area contributed by atoms with E-state index < -0.39 is 0 Å². The molecule has 0 saturated heterocycles. The van der Waals surface area contributed by atoms with Crippen molar-refractivity contribution in [3.05, 3.63) is 0 Å². The number of nitrogens with two attached hydrogens (primary N) is 1. The lowest BCUT2D eigenvalue weighted by atomic mass is 10.6. The first-order valence-corrected chi connectivity index (χ1v) is 5.11. The molecule has 0 atom stereocenters. The summed E-state index contributed by atoms with van der Waals surface area (Å²) in [6.45, 7) is 2.07. The molecule has 0 aliphatic rings. The van der Waals surface area contributed by atoms with Crippen LogP contribution < -0.4 is 16.0 Å². The van der Waals surface area contributed by atoms with E-state index in [4.69, 9.17) is 10.5 Å². The van der Waals surface area contributed by atoms with Crippen LogP contribution in [0.15, 0.2) is 0 Å². The zero-order valence-corrected chi connectivity index (χ0v) is 10.1. The highest BCUT2D eigenvalue weighted by molar-refractivity contribution is 5.74. The van der Waals surface area contributed by atoms with Gasteiger partial charge in [-0.1, -0.05) is 0 Å². The van der Waals surface area contributed by atoms with Gasteiger partial charge in [0, 0.05) is 14.1 Å². The van der Waals surface area contributed by atoms with Crippen LogP contribution in [0.1, 0.15) is 6.92 Å². The Morgan fingerprint density at radius 2 is 2.12 bits per heavy atom. The summed E-state index contributed by atoms with van der Waals surface area (Å²) < 4.78 is 4.76. The monoisotopic (exact) mass is 240 g/mol.